The second-order valence-corrected chi connectivity index (χ2v) is 11.6. The van der Waals surface area contributed by atoms with Gasteiger partial charge >= 0.3 is 8.56 Å². The van der Waals surface area contributed by atoms with Crippen molar-refractivity contribution in [3.8, 4) is 0 Å². The highest BCUT2D eigenvalue weighted by atomic mass is 28.4. The third kappa shape index (κ3) is 3.31. The van der Waals surface area contributed by atoms with Gasteiger partial charge in [-0.2, -0.15) is 0 Å². The fourth-order valence-electron chi connectivity index (χ4n) is 5.16. The largest absolute Gasteiger partial charge is 0.397 e. The van der Waals surface area contributed by atoms with Gasteiger partial charge in [-0.25, -0.2) is 0 Å². The summed E-state index contributed by atoms with van der Waals surface area (Å²) in [5, 5.41) is 0. The number of rotatable bonds is 4. The molecule has 0 radical (unpaired) electrons. The van der Waals surface area contributed by atoms with Gasteiger partial charge in [-0.05, 0) is 49.9 Å². The molecule has 2 rings (SSSR count). The molecule has 4 atom stereocenters. The highest BCUT2D eigenvalue weighted by molar-refractivity contribution is 6.70. The van der Waals surface area contributed by atoms with Gasteiger partial charge < -0.3 is 8.85 Å². The zero-order valence-electron chi connectivity index (χ0n) is 14.2. The zero-order chi connectivity index (χ0) is 14.8. The molecule has 0 aromatic carbocycles. The summed E-state index contributed by atoms with van der Waals surface area (Å²) in [4.78, 5) is 0. The molecule has 2 aliphatic rings. The molecule has 4 unspecified atom stereocenters. The summed E-state index contributed by atoms with van der Waals surface area (Å²) in [6, 6.07) is 0. The van der Waals surface area contributed by atoms with Crippen molar-refractivity contribution in [1.29, 1.82) is 0 Å². The van der Waals surface area contributed by atoms with Crippen molar-refractivity contribution in [2.45, 2.75) is 76.8 Å². The van der Waals surface area contributed by atoms with E-state index >= 15 is 0 Å². The first-order chi connectivity index (χ1) is 9.51. The van der Waals surface area contributed by atoms with Crippen LogP contribution in [0.1, 0.15) is 65.7 Å². The van der Waals surface area contributed by atoms with Gasteiger partial charge in [-0.1, -0.05) is 33.6 Å². The van der Waals surface area contributed by atoms with Crippen LogP contribution in [0.4, 0.5) is 0 Å². The first-order valence-electron chi connectivity index (χ1n) is 8.62. The molecule has 20 heavy (non-hydrogen) atoms. The van der Waals surface area contributed by atoms with Crippen LogP contribution in [0.5, 0.6) is 0 Å². The van der Waals surface area contributed by atoms with Gasteiger partial charge in [0, 0.05) is 25.3 Å². The quantitative estimate of drug-likeness (QED) is 0.670. The predicted molar refractivity (Wildman–Crippen MR) is 87.1 cm³/mol. The molecule has 0 amide bonds. The summed E-state index contributed by atoms with van der Waals surface area (Å²) in [6.45, 7) is 7.23. The molecule has 0 N–H and O–H groups in total. The number of hydrogen-bond donors (Lipinski definition) is 0. The van der Waals surface area contributed by atoms with Crippen molar-refractivity contribution in [1.82, 2.24) is 0 Å². The van der Waals surface area contributed by atoms with E-state index in [1.807, 2.05) is 14.2 Å². The Balaban J connectivity index is 2.19. The highest BCUT2D eigenvalue weighted by Crippen LogP contribution is 2.51. The predicted octanol–water partition coefficient (Wildman–Crippen LogP) is 5.13. The lowest BCUT2D eigenvalue weighted by molar-refractivity contribution is 0.167. The van der Waals surface area contributed by atoms with E-state index in [1.54, 1.807) is 0 Å². The molecule has 2 nitrogen and oxygen atoms in total. The average molecular weight is 299 g/mol. The van der Waals surface area contributed by atoms with Crippen LogP contribution >= 0.6 is 0 Å². The lowest BCUT2D eigenvalue weighted by Crippen LogP contribution is -2.52. The van der Waals surface area contributed by atoms with Gasteiger partial charge in [0.25, 0.3) is 0 Å². The second kappa shape index (κ2) is 6.93. The molecule has 0 aromatic heterocycles. The standard InChI is InChI=1S/C17H34O2Si/c1-13-7-6-8-16(10-13)20(18-4,19-5)17-11-14(2)9-15(3)12-17/h13-17H,6-12H2,1-5H3. The fraction of sp³-hybridized carbons (Fsp3) is 1.00. The summed E-state index contributed by atoms with van der Waals surface area (Å²) in [5.74, 6) is 2.52. The van der Waals surface area contributed by atoms with E-state index in [-0.39, 0.29) is 0 Å². The molecule has 0 spiro atoms. The minimum atomic E-state index is -2.07. The topological polar surface area (TPSA) is 18.5 Å². The molecular formula is C17H34O2Si. The first-order valence-corrected chi connectivity index (χ1v) is 10.6. The SMILES string of the molecule is CO[Si](OC)(C1CCCC(C)C1)C1CC(C)CC(C)C1. The van der Waals surface area contributed by atoms with Crippen LogP contribution in [-0.2, 0) is 8.85 Å². The molecule has 0 aromatic rings. The molecule has 2 aliphatic carbocycles. The minimum Gasteiger partial charge on any atom is -0.397 e. The van der Waals surface area contributed by atoms with Crippen LogP contribution in [-0.4, -0.2) is 22.8 Å². The molecule has 0 saturated heterocycles. The van der Waals surface area contributed by atoms with E-state index in [9.17, 15) is 0 Å². The van der Waals surface area contributed by atoms with Crippen molar-refractivity contribution in [2.75, 3.05) is 14.2 Å². The maximum absolute atomic E-state index is 6.23. The summed E-state index contributed by atoms with van der Waals surface area (Å²) in [6.07, 6.45) is 9.45. The molecule has 0 bridgehead atoms. The van der Waals surface area contributed by atoms with Crippen LogP contribution in [0.3, 0.4) is 0 Å². The Kier molecular flexibility index (Phi) is 5.72. The monoisotopic (exact) mass is 298 g/mol. The Morgan fingerprint density at radius 2 is 1.25 bits per heavy atom. The molecule has 3 heteroatoms. The molecule has 0 aliphatic heterocycles. The molecule has 2 fully saturated rings. The zero-order valence-corrected chi connectivity index (χ0v) is 15.2. The maximum atomic E-state index is 6.23. The molecule has 0 heterocycles. The van der Waals surface area contributed by atoms with Crippen molar-refractivity contribution in [3.63, 3.8) is 0 Å². The van der Waals surface area contributed by atoms with Crippen molar-refractivity contribution in [2.24, 2.45) is 17.8 Å². The van der Waals surface area contributed by atoms with Crippen LogP contribution in [0, 0.1) is 17.8 Å². The second-order valence-electron chi connectivity index (χ2n) is 7.71. The van der Waals surface area contributed by atoms with E-state index < -0.39 is 8.56 Å². The van der Waals surface area contributed by atoms with Crippen molar-refractivity contribution >= 4 is 8.56 Å². The van der Waals surface area contributed by atoms with Crippen LogP contribution < -0.4 is 0 Å². The Bertz CT molecular complexity index is 293. The lowest BCUT2D eigenvalue weighted by atomic mass is 9.83. The van der Waals surface area contributed by atoms with Crippen molar-refractivity contribution in [3.05, 3.63) is 0 Å². The Hall–Kier alpha value is 0.137. The molecule has 2 saturated carbocycles. The Labute approximate surface area is 126 Å². The van der Waals surface area contributed by atoms with Gasteiger partial charge in [0.05, 0.1) is 0 Å². The third-order valence-corrected chi connectivity index (χ3v) is 10.4. The highest BCUT2D eigenvalue weighted by Gasteiger charge is 2.53. The summed E-state index contributed by atoms with van der Waals surface area (Å²) >= 11 is 0. The van der Waals surface area contributed by atoms with Crippen LogP contribution in [0.15, 0.2) is 0 Å². The Morgan fingerprint density at radius 1 is 0.700 bits per heavy atom. The number of hydrogen-bond acceptors (Lipinski definition) is 2. The van der Waals surface area contributed by atoms with E-state index in [1.165, 1.54) is 44.9 Å². The van der Waals surface area contributed by atoms with E-state index in [4.69, 9.17) is 8.85 Å². The lowest BCUT2D eigenvalue weighted by Gasteiger charge is -2.47. The van der Waals surface area contributed by atoms with Gasteiger partial charge in [0.2, 0.25) is 0 Å². The van der Waals surface area contributed by atoms with Gasteiger partial charge in [0.1, 0.15) is 0 Å². The smallest absolute Gasteiger partial charge is 0.344 e. The maximum Gasteiger partial charge on any atom is 0.344 e. The van der Waals surface area contributed by atoms with E-state index in [0.717, 1.165) is 17.8 Å². The summed E-state index contributed by atoms with van der Waals surface area (Å²) < 4.78 is 12.5. The molecule has 118 valence electrons. The summed E-state index contributed by atoms with van der Waals surface area (Å²) in [5.41, 5.74) is 1.41. The van der Waals surface area contributed by atoms with Gasteiger partial charge in [-0.3, -0.25) is 0 Å². The summed E-state index contributed by atoms with van der Waals surface area (Å²) in [7, 11) is 1.79. The van der Waals surface area contributed by atoms with Crippen LogP contribution in [0.2, 0.25) is 11.1 Å². The van der Waals surface area contributed by atoms with E-state index in [2.05, 4.69) is 20.8 Å². The van der Waals surface area contributed by atoms with Gasteiger partial charge in [0.15, 0.2) is 0 Å². The normalized spacial score (nSPS) is 39.8. The molecular weight excluding hydrogens is 264 g/mol. The minimum absolute atomic E-state index is 0.701. The van der Waals surface area contributed by atoms with Crippen molar-refractivity contribution < 1.29 is 8.85 Å². The first kappa shape index (κ1) is 16.5. The van der Waals surface area contributed by atoms with E-state index in [0.29, 0.717) is 11.1 Å². The average Bonchev–Trinajstić information content (AvgIpc) is 2.40. The van der Waals surface area contributed by atoms with Gasteiger partial charge in [-0.15, -0.1) is 0 Å². The third-order valence-electron chi connectivity index (χ3n) is 5.89. The fourth-order valence-corrected chi connectivity index (χ4v) is 10.1. The Morgan fingerprint density at radius 3 is 1.75 bits per heavy atom. The van der Waals surface area contributed by atoms with Crippen LogP contribution in [0.25, 0.3) is 0 Å².